The van der Waals surface area contributed by atoms with Crippen molar-refractivity contribution >= 4 is 59.7 Å². The van der Waals surface area contributed by atoms with Gasteiger partial charge in [0.2, 0.25) is 0 Å². The Bertz CT molecular complexity index is 1490. The number of benzene rings is 2. The van der Waals surface area contributed by atoms with Gasteiger partial charge in [-0.15, -0.1) is 0 Å². The van der Waals surface area contributed by atoms with Crippen molar-refractivity contribution in [3.8, 4) is 0 Å². The van der Waals surface area contributed by atoms with Crippen LogP contribution in [-0.2, 0) is 11.3 Å². The summed E-state index contributed by atoms with van der Waals surface area (Å²) in [5.74, 6) is 0.125. The first-order chi connectivity index (χ1) is 18.3. The Labute approximate surface area is 222 Å². The predicted molar refractivity (Wildman–Crippen MR) is 159 cm³/mol. The lowest BCUT2D eigenvalue weighted by molar-refractivity contribution is -0.104. The van der Waals surface area contributed by atoms with Gasteiger partial charge in [0.25, 0.3) is 0 Å². The number of carbonyl (C=O) groups is 2. The van der Waals surface area contributed by atoms with Crippen LogP contribution in [0, 0.1) is 5.41 Å². The third-order valence-corrected chi connectivity index (χ3v) is 6.16. The zero-order valence-corrected chi connectivity index (χ0v) is 22.1. The number of rotatable bonds is 11. The molecule has 3 rings (SSSR count). The van der Waals surface area contributed by atoms with E-state index in [1.807, 2.05) is 51.4 Å². The minimum atomic E-state index is 0.125. The maximum Gasteiger partial charge on any atom is 0.150 e. The van der Waals surface area contributed by atoms with Crippen molar-refractivity contribution in [3.63, 3.8) is 0 Å². The lowest BCUT2D eigenvalue weighted by Crippen LogP contribution is -2.18. The summed E-state index contributed by atoms with van der Waals surface area (Å²) in [4.78, 5) is 36.6. The Morgan fingerprint density at radius 3 is 2.58 bits per heavy atom. The van der Waals surface area contributed by atoms with E-state index in [1.165, 1.54) is 6.08 Å². The number of aromatic nitrogens is 1. The molecular weight excluding hydrogens is 476 g/mol. The molecule has 0 unspecified atom stereocenters. The molecule has 0 atom stereocenters. The van der Waals surface area contributed by atoms with E-state index in [0.29, 0.717) is 17.8 Å². The van der Waals surface area contributed by atoms with Crippen molar-refractivity contribution in [1.82, 2.24) is 10.3 Å². The van der Waals surface area contributed by atoms with Gasteiger partial charge in [0.05, 0.1) is 16.9 Å². The first-order valence-corrected chi connectivity index (χ1v) is 12.0. The largest absolute Gasteiger partial charge is 0.392 e. The molecule has 0 amide bonds. The van der Waals surface area contributed by atoms with Gasteiger partial charge in [-0.1, -0.05) is 36.4 Å². The highest BCUT2D eigenvalue weighted by Crippen LogP contribution is 2.33. The van der Waals surface area contributed by atoms with Gasteiger partial charge < -0.3 is 15.2 Å². The maximum absolute atomic E-state index is 11.8. The van der Waals surface area contributed by atoms with Crippen molar-refractivity contribution in [3.05, 3.63) is 88.3 Å². The second kappa shape index (κ2) is 12.9. The van der Waals surface area contributed by atoms with Crippen molar-refractivity contribution in [2.45, 2.75) is 20.4 Å². The van der Waals surface area contributed by atoms with Crippen molar-refractivity contribution in [2.24, 2.45) is 9.98 Å². The first-order valence-electron chi connectivity index (χ1n) is 12.0. The van der Waals surface area contributed by atoms with Crippen LogP contribution >= 0.6 is 0 Å². The summed E-state index contributed by atoms with van der Waals surface area (Å²) in [6.45, 7) is 7.97. The number of aromatic amines is 1. The number of para-hydroxylation sites is 1. The summed E-state index contributed by atoms with van der Waals surface area (Å²) in [7, 11) is 3.75. The van der Waals surface area contributed by atoms with Gasteiger partial charge in [-0.05, 0) is 49.4 Å². The van der Waals surface area contributed by atoms with Crippen LogP contribution in [0.3, 0.4) is 0 Å². The number of nitrogens with one attached hydrogen (secondary N) is 3. The molecule has 38 heavy (non-hydrogen) atoms. The SMILES string of the molecule is C=N/C(=C(C)\C=N/C(=N)/C=C(/C)NC)c1c[nH]c2c(N(C)Cc3c(C=O)cccc3/C=C/C=O)cccc12. The zero-order valence-electron chi connectivity index (χ0n) is 22.1. The zero-order chi connectivity index (χ0) is 27.7. The number of amidine groups is 1. The van der Waals surface area contributed by atoms with Gasteiger partial charge in [0.15, 0.2) is 0 Å². The van der Waals surface area contributed by atoms with Crippen LogP contribution in [0.15, 0.2) is 76.0 Å². The van der Waals surface area contributed by atoms with Crippen LogP contribution in [0.25, 0.3) is 22.7 Å². The summed E-state index contributed by atoms with van der Waals surface area (Å²) in [5, 5.41) is 12.0. The lowest BCUT2D eigenvalue weighted by Gasteiger charge is -2.22. The number of aldehydes is 2. The molecule has 8 nitrogen and oxygen atoms in total. The first kappa shape index (κ1) is 27.7. The van der Waals surface area contributed by atoms with Gasteiger partial charge >= 0.3 is 0 Å². The number of fused-ring (bicyclic) bond motifs is 1. The Balaban J connectivity index is 2.01. The van der Waals surface area contributed by atoms with Crippen LogP contribution in [0.4, 0.5) is 5.69 Å². The summed E-state index contributed by atoms with van der Waals surface area (Å²) >= 11 is 0. The molecule has 8 heteroatoms. The van der Waals surface area contributed by atoms with E-state index in [0.717, 1.165) is 57.1 Å². The highest BCUT2D eigenvalue weighted by atomic mass is 16.1. The number of nitrogens with zero attached hydrogens (tertiary/aromatic N) is 3. The van der Waals surface area contributed by atoms with Crippen LogP contribution < -0.4 is 10.2 Å². The van der Waals surface area contributed by atoms with E-state index in [2.05, 4.69) is 31.9 Å². The van der Waals surface area contributed by atoms with E-state index in [9.17, 15) is 9.59 Å². The monoisotopic (exact) mass is 508 g/mol. The van der Waals surface area contributed by atoms with Gasteiger partial charge in [-0.2, -0.15) is 0 Å². The van der Waals surface area contributed by atoms with Crippen molar-refractivity contribution in [1.29, 1.82) is 5.41 Å². The maximum atomic E-state index is 11.8. The van der Waals surface area contributed by atoms with E-state index < -0.39 is 0 Å². The fourth-order valence-electron chi connectivity index (χ4n) is 4.15. The van der Waals surface area contributed by atoms with Gasteiger partial charge in [0.1, 0.15) is 18.4 Å². The Morgan fingerprint density at radius 1 is 1.16 bits per heavy atom. The number of allylic oxidation sites excluding steroid dienone is 3. The molecule has 0 saturated carbocycles. The van der Waals surface area contributed by atoms with E-state index in [-0.39, 0.29) is 5.84 Å². The fourth-order valence-corrected chi connectivity index (χ4v) is 4.15. The molecule has 0 aliphatic heterocycles. The standard InChI is InChI=1S/C30H32N6O2/c1-20(16-34-28(31)15-21(2)32-3)29(33-4)25-17-35-30-24(25)12-7-13-27(30)36(5)18-26-22(11-8-14-37)9-6-10-23(26)19-38/h6-17,19,31-32,35H,4,18H2,1-3,5H3/b11-8+,21-15-,29-20-,31-28?,34-16-. The number of carbonyl (C=O) groups excluding carboxylic acids is 2. The third kappa shape index (κ3) is 6.28. The quantitative estimate of drug-likeness (QED) is 0.139. The second-order valence-electron chi connectivity index (χ2n) is 8.70. The van der Waals surface area contributed by atoms with E-state index in [4.69, 9.17) is 5.41 Å². The minimum Gasteiger partial charge on any atom is -0.392 e. The van der Waals surface area contributed by atoms with E-state index >= 15 is 0 Å². The number of aliphatic imine (C=N–C) groups is 2. The van der Waals surface area contributed by atoms with Crippen LogP contribution in [0.1, 0.15) is 40.9 Å². The number of anilines is 1. The number of hydrogen-bond donors (Lipinski definition) is 3. The summed E-state index contributed by atoms with van der Waals surface area (Å²) in [6, 6.07) is 11.4. The average molecular weight is 509 g/mol. The number of H-pyrrole nitrogens is 1. The van der Waals surface area contributed by atoms with E-state index in [1.54, 1.807) is 37.5 Å². The Hall–Kier alpha value is -4.85. The molecule has 0 fully saturated rings. The van der Waals surface area contributed by atoms with Gasteiger partial charge in [-0.3, -0.25) is 20.0 Å². The van der Waals surface area contributed by atoms with Crippen LogP contribution in [0.5, 0.6) is 0 Å². The molecular formula is C30H32N6O2. The average Bonchev–Trinajstić information content (AvgIpc) is 3.35. The molecule has 3 N–H and O–H groups in total. The van der Waals surface area contributed by atoms with Crippen LogP contribution in [-0.4, -0.2) is 50.4 Å². The fraction of sp³-hybridized carbons (Fsp3) is 0.167. The van der Waals surface area contributed by atoms with Gasteiger partial charge in [-0.25, -0.2) is 4.99 Å². The van der Waals surface area contributed by atoms with Crippen LogP contribution in [0.2, 0.25) is 0 Å². The predicted octanol–water partition coefficient (Wildman–Crippen LogP) is 5.43. The Morgan fingerprint density at radius 2 is 1.89 bits per heavy atom. The molecule has 0 spiro atoms. The Kier molecular flexibility index (Phi) is 9.42. The van der Waals surface area contributed by atoms with Crippen molar-refractivity contribution < 1.29 is 9.59 Å². The lowest BCUT2D eigenvalue weighted by atomic mass is 10.00. The molecule has 0 aliphatic rings. The molecule has 3 aromatic rings. The van der Waals surface area contributed by atoms with Gasteiger partial charge in [0, 0.05) is 61.3 Å². The molecule has 0 saturated heterocycles. The van der Waals surface area contributed by atoms with Crippen molar-refractivity contribution in [2.75, 3.05) is 19.0 Å². The second-order valence-corrected chi connectivity index (χ2v) is 8.70. The molecule has 0 bridgehead atoms. The molecule has 1 heterocycles. The summed E-state index contributed by atoms with van der Waals surface area (Å²) in [5.41, 5.74) is 7.20. The number of hydrogen-bond acceptors (Lipinski definition) is 6. The minimum absolute atomic E-state index is 0.125. The molecule has 0 radical (unpaired) electrons. The molecule has 1 aromatic heterocycles. The summed E-state index contributed by atoms with van der Waals surface area (Å²) < 4.78 is 0. The molecule has 0 aliphatic carbocycles. The third-order valence-electron chi connectivity index (χ3n) is 6.16. The molecule has 194 valence electrons. The summed E-state index contributed by atoms with van der Waals surface area (Å²) in [6.07, 6.45) is 9.83. The smallest absolute Gasteiger partial charge is 0.150 e. The highest BCUT2D eigenvalue weighted by Gasteiger charge is 2.16. The topological polar surface area (TPSA) is 114 Å². The molecule has 2 aromatic carbocycles. The normalized spacial score (nSPS) is 12.6. The highest BCUT2D eigenvalue weighted by molar-refractivity contribution is 6.05.